The van der Waals surface area contributed by atoms with Crippen molar-refractivity contribution in [1.82, 2.24) is 5.32 Å². The Morgan fingerprint density at radius 3 is 2.19 bits per heavy atom. The summed E-state index contributed by atoms with van der Waals surface area (Å²) < 4.78 is 5.25. The van der Waals surface area contributed by atoms with E-state index in [1.54, 1.807) is 7.11 Å². The van der Waals surface area contributed by atoms with Gasteiger partial charge in [-0.05, 0) is 61.2 Å². The van der Waals surface area contributed by atoms with Crippen molar-refractivity contribution in [2.24, 2.45) is 0 Å². The summed E-state index contributed by atoms with van der Waals surface area (Å²) >= 11 is 0. The Kier molecular flexibility index (Phi) is 5.40. The molecule has 0 aliphatic carbocycles. The van der Waals surface area contributed by atoms with Gasteiger partial charge in [-0.3, -0.25) is 0 Å². The average molecular weight is 283 g/mol. The lowest BCUT2D eigenvalue weighted by molar-refractivity contribution is 0.414. The highest BCUT2D eigenvalue weighted by Crippen LogP contribution is 2.25. The summed E-state index contributed by atoms with van der Waals surface area (Å²) in [5, 5.41) is 3.65. The highest BCUT2D eigenvalue weighted by atomic mass is 16.5. The van der Waals surface area contributed by atoms with Crippen LogP contribution in [0.2, 0.25) is 0 Å². The van der Waals surface area contributed by atoms with E-state index in [4.69, 9.17) is 4.74 Å². The molecule has 112 valence electrons. The number of aryl methyl sites for hydroxylation is 2. The summed E-state index contributed by atoms with van der Waals surface area (Å²) in [5.74, 6) is 0.896. The number of rotatable bonds is 6. The maximum atomic E-state index is 5.25. The van der Waals surface area contributed by atoms with Gasteiger partial charge in [0.25, 0.3) is 0 Å². The van der Waals surface area contributed by atoms with Crippen molar-refractivity contribution < 1.29 is 4.74 Å². The molecule has 0 amide bonds. The van der Waals surface area contributed by atoms with Crippen molar-refractivity contribution in [1.29, 1.82) is 0 Å². The molecule has 0 radical (unpaired) electrons. The predicted octanol–water partition coefficient (Wildman–Crippen LogP) is 4.40. The monoisotopic (exact) mass is 283 g/mol. The lowest BCUT2D eigenvalue weighted by Gasteiger charge is -2.21. The minimum atomic E-state index is 0.232. The molecule has 0 aliphatic heterocycles. The van der Waals surface area contributed by atoms with Gasteiger partial charge in [0.2, 0.25) is 0 Å². The molecule has 0 saturated carbocycles. The molecule has 0 bridgehead atoms. The van der Waals surface area contributed by atoms with Gasteiger partial charge in [0.1, 0.15) is 5.75 Å². The van der Waals surface area contributed by atoms with Gasteiger partial charge in [0, 0.05) is 0 Å². The van der Waals surface area contributed by atoms with Crippen LogP contribution in [0.1, 0.15) is 41.6 Å². The van der Waals surface area contributed by atoms with Crippen molar-refractivity contribution in [3.05, 3.63) is 64.7 Å². The molecule has 2 heteroatoms. The first-order valence-corrected chi connectivity index (χ1v) is 7.60. The van der Waals surface area contributed by atoms with E-state index in [2.05, 4.69) is 56.4 Å². The number of hydrogen-bond acceptors (Lipinski definition) is 2. The molecule has 0 aromatic heterocycles. The summed E-state index contributed by atoms with van der Waals surface area (Å²) in [6, 6.07) is 15.3. The molecule has 0 spiro atoms. The number of methoxy groups -OCH3 is 1. The van der Waals surface area contributed by atoms with Crippen LogP contribution >= 0.6 is 0 Å². The van der Waals surface area contributed by atoms with Crippen LogP contribution < -0.4 is 10.1 Å². The Hall–Kier alpha value is -1.80. The van der Waals surface area contributed by atoms with Crippen LogP contribution in [0.25, 0.3) is 0 Å². The standard InChI is InChI=1S/C19H25NO/c1-5-12-20-19(16-8-10-18(21-4)11-9-16)17-7-6-14(2)15(3)13-17/h6-11,13,19-20H,5,12H2,1-4H3. The SMILES string of the molecule is CCCNC(c1ccc(OC)cc1)c1ccc(C)c(C)c1. The third-order valence-corrected chi connectivity index (χ3v) is 3.91. The molecule has 0 heterocycles. The summed E-state index contributed by atoms with van der Waals surface area (Å²) in [7, 11) is 1.70. The minimum absolute atomic E-state index is 0.232. The highest BCUT2D eigenvalue weighted by Gasteiger charge is 2.14. The smallest absolute Gasteiger partial charge is 0.118 e. The summed E-state index contributed by atoms with van der Waals surface area (Å²) in [5.41, 5.74) is 5.26. The first-order chi connectivity index (χ1) is 10.2. The molecule has 1 N–H and O–H groups in total. The zero-order chi connectivity index (χ0) is 15.2. The van der Waals surface area contributed by atoms with E-state index in [-0.39, 0.29) is 6.04 Å². The van der Waals surface area contributed by atoms with E-state index in [1.165, 1.54) is 22.3 Å². The van der Waals surface area contributed by atoms with Crippen LogP contribution in [0.3, 0.4) is 0 Å². The topological polar surface area (TPSA) is 21.3 Å². The molecule has 2 nitrogen and oxygen atoms in total. The third-order valence-electron chi connectivity index (χ3n) is 3.91. The van der Waals surface area contributed by atoms with Gasteiger partial charge >= 0.3 is 0 Å². The fraction of sp³-hybridized carbons (Fsp3) is 0.368. The second kappa shape index (κ2) is 7.28. The zero-order valence-corrected chi connectivity index (χ0v) is 13.4. The van der Waals surface area contributed by atoms with E-state index >= 15 is 0 Å². The van der Waals surface area contributed by atoms with Crippen LogP contribution in [0.5, 0.6) is 5.75 Å². The van der Waals surface area contributed by atoms with Crippen LogP contribution in [-0.4, -0.2) is 13.7 Å². The van der Waals surface area contributed by atoms with Gasteiger partial charge in [-0.15, -0.1) is 0 Å². The van der Waals surface area contributed by atoms with Crippen molar-refractivity contribution >= 4 is 0 Å². The average Bonchev–Trinajstić information content (AvgIpc) is 2.51. The first-order valence-electron chi connectivity index (χ1n) is 7.60. The Balaban J connectivity index is 2.33. The normalized spacial score (nSPS) is 12.2. The number of benzene rings is 2. The fourth-order valence-corrected chi connectivity index (χ4v) is 2.46. The molecule has 1 unspecified atom stereocenters. The van der Waals surface area contributed by atoms with Gasteiger partial charge in [-0.1, -0.05) is 37.3 Å². The Morgan fingerprint density at radius 1 is 0.952 bits per heavy atom. The molecular weight excluding hydrogens is 258 g/mol. The van der Waals surface area contributed by atoms with Crippen LogP contribution in [0.4, 0.5) is 0 Å². The van der Waals surface area contributed by atoms with E-state index in [9.17, 15) is 0 Å². The molecule has 0 fully saturated rings. The van der Waals surface area contributed by atoms with Crippen LogP contribution in [0, 0.1) is 13.8 Å². The maximum Gasteiger partial charge on any atom is 0.118 e. The fourth-order valence-electron chi connectivity index (χ4n) is 2.46. The summed E-state index contributed by atoms with van der Waals surface area (Å²) in [6.07, 6.45) is 1.12. The Labute approximate surface area is 128 Å². The van der Waals surface area contributed by atoms with E-state index in [1.807, 2.05) is 12.1 Å². The molecule has 2 aromatic carbocycles. The second-order valence-electron chi connectivity index (χ2n) is 5.50. The van der Waals surface area contributed by atoms with Gasteiger partial charge in [-0.2, -0.15) is 0 Å². The van der Waals surface area contributed by atoms with Gasteiger partial charge < -0.3 is 10.1 Å². The third kappa shape index (κ3) is 3.85. The lowest BCUT2D eigenvalue weighted by atomic mass is 9.95. The molecule has 0 aliphatic rings. The lowest BCUT2D eigenvalue weighted by Crippen LogP contribution is -2.23. The number of ether oxygens (including phenoxy) is 1. The highest BCUT2D eigenvalue weighted by molar-refractivity contribution is 5.39. The quantitative estimate of drug-likeness (QED) is 0.848. The van der Waals surface area contributed by atoms with Crippen molar-refractivity contribution in [3.63, 3.8) is 0 Å². The largest absolute Gasteiger partial charge is 0.497 e. The molecule has 21 heavy (non-hydrogen) atoms. The molecule has 1 atom stereocenters. The zero-order valence-electron chi connectivity index (χ0n) is 13.4. The first kappa shape index (κ1) is 15.6. The van der Waals surface area contributed by atoms with E-state index < -0.39 is 0 Å². The maximum absolute atomic E-state index is 5.25. The van der Waals surface area contributed by atoms with Gasteiger partial charge in [0.05, 0.1) is 13.2 Å². The Bertz CT molecular complexity index is 575. The predicted molar refractivity (Wildman–Crippen MR) is 89.0 cm³/mol. The van der Waals surface area contributed by atoms with Crippen molar-refractivity contribution in [2.75, 3.05) is 13.7 Å². The van der Waals surface area contributed by atoms with Crippen LogP contribution in [-0.2, 0) is 0 Å². The van der Waals surface area contributed by atoms with E-state index in [0.717, 1.165) is 18.7 Å². The van der Waals surface area contributed by atoms with E-state index in [0.29, 0.717) is 0 Å². The number of hydrogen-bond donors (Lipinski definition) is 1. The molecule has 0 saturated heterocycles. The molecular formula is C19H25NO. The van der Waals surface area contributed by atoms with Gasteiger partial charge in [0.15, 0.2) is 0 Å². The molecule has 2 aromatic rings. The van der Waals surface area contributed by atoms with Crippen molar-refractivity contribution in [2.45, 2.75) is 33.2 Å². The summed E-state index contributed by atoms with van der Waals surface area (Å²) in [6.45, 7) is 7.52. The molecule has 2 rings (SSSR count). The summed E-state index contributed by atoms with van der Waals surface area (Å²) in [4.78, 5) is 0. The van der Waals surface area contributed by atoms with Crippen molar-refractivity contribution in [3.8, 4) is 5.75 Å². The minimum Gasteiger partial charge on any atom is -0.497 e. The second-order valence-corrected chi connectivity index (χ2v) is 5.50. The Morgan fingerprint density at radius 2 is 1.62 bits per heavy atom. The van der Waals surface area contributed by atoms with Gasteiger partial charge in [-0.25, -0.2) is 0 Å². The number of nitrogens with one attached hydrogen (secondary N) is 1. The van der Waals surface area contributed by atoms with Crippen LogP contribution in [0.15, 0.2) is 42.5 Å².